The molecule has 154 valence electrons. The van der Waals surface area contributed by atoms with Crippen LogP contribution in [0.4, 0.5) is 0 Å². The van der Waals surface area contributed by atoms with Gasteiger partial charge in [-0.25, -0.2) is 0 Å². The van der Waals surface area contributed by atoms with Gasteiger partial charge in [-0.15, -0.1) is 0 Å². The number of benzene rings is 2. The molecule has 0 saturated heterocycles. The molecule has 0 spiro atoms. The molecule has 3 unspecified atom stereocenters. The summed E-state index contributed by atoms with van der Waals surface area (Å²) in [7, 11) is 0. The summed E-state index contributed by atoms with van der Waals surface area (Å²) >= 11 is 0. The minimum absolute atomic E-state index is 0.0109. The first-order valence-corrected chi connectivity index (χ1v) is 10.1. The maximum absolute atomic E-state index is 12.6. The molecule has 0 radical (unpaired) electrons. The van der Waals surface area contributed by atoms with E-state index >= 15 is 0 Å². The van der Waals surface area contributed by atoms with Crippen molar-refractivity contribution in [2.45, 2.75) is 44.8 Å². The van der Waals surface area contributed by atoms with Crippen LogP contribution in [0.25, 0.3) is 0 Å². The zero-order valence-corrected chi connectivity index (χ0v) is 16.9. The molecule has 2 aromatic rings. The highest BCUT2D eigenvalue weighted by Crippen LogP contribution is 2.22. The van der Waals surface area contributed by atoms with Crippen molar-refractivity contribution in [1.82, 2.24) is 10.6 Å². The smallest absolute Gasteiger partial charge is 0.258 e. The average Bonchev–Trinajstić information content (AvgIpc) is 3.56. The lowest BCUT2D eigenvalue weighted by atomic mass is 9.94. The molecule has 2 aromatic carbocycles. The molecule has 0 heterocycles. The number of rotatable bonds is 9. The lowest BCUT2D eigenvalue weighted by Gasteiger charge is -2.22. The van der Waals surface area contributed by atoms with Crippen LogP contribution in [0.5, 0.6) is 5.75 Å². The van der Waals surface area contributed by atoms with E-state index in [-0.39, 0.29) is 36.4 Å². The fraction of sp³-hybridized carbons (Fsp3) is 0.391. The lowest BCUT2D eigenvalue weighted by Crippen LogP contribution is -2.36. The molecule has 0 aliphatic heterocycles. The lowest BCUT2D eigenvalue weighted by molar-refractivity contribution is -0.126. The summed E-state index contributed by atoms with van der Waals surface area (Å²) in [6.07, 6.45) is 2.11. The predicted molar refractivity (Wildman–Crippen MR) is 112 cm³/mol. The van der Waals surface area contributed by atoms with E-state index in [1.165, 1.54) is 0 Å². The molecule has 6 nitrogen and oxygen atoms in total. The van der Waals surface area contributed by atoms with Crippen molar-refractivity contribution in [3.8, 4) is 5.75 Å². The minimum atomic E-state index is -0.360. The predicted octanol–water partition coefficient (Wildman–Crippen LogP) is 2.86. The van der Waals surface area contributed by atoms with Gasteiger partial charge < -0.3 is 21.1 Å². The van der Waals surface area contributed by atoms with E-state index in [1.807, 2.05) is 68.4 Å². The number of carbonyl (C=O) groups is 2. The van der Waals surface area contributed by atoms with E-state index < -0.39 is 0 Å². The van der Waals surface area contributed by atoms with Crippen LogP contribution >= 0.6 is 0 Å². The second-order valence-electron chi connectivity index (χ2n) is 7.65. The molecule has 1 aliphatic carbocycles. The van der Waals surface area contributed by atoms with Crippen molar-refractivity contribution in [3.05, 3.63) is 65.7 Å². The Balaban J connectivity index is 1.49. The number of nitrogens with two attached hydrogens (primary N) is 1. The van der Waals surface area contributed by atoms with Gasteiger partial charge in [-0.2, -0.15) is 0 Å². The van der Waals surface area contributed by atoms with Gasteiger partial charge in [0, 0.05) is 12.1 Å². The van der Waals surface area contributed by atoms with Crippen LogP contribution in [-0.4, -0.2) is 24.5 Å². The number of ether oxygens (including phenoxy) is 1. The molecule has 0 bridgehead atoms. The van der Waals surface area contributed by atoms with Gasteiger partial charge in [-0.3, -0.25) is 9.59 Å². The first-order chi connectivity index (χ1) is 13.9. The second-order valence-corrected chi connectivity index (χ2v) is 7.65. The highest BCUT2D eigenvalue weighted by atomic mass is 16.5. The van der Waals surface area contributed by atoms with Gasteiger partial charge in [-0.05, 0) is 43.0 Å². The summed E-state index contributed by atoms with van der Waals surface area (Å²) in [5, 5.41) is 5.91. The third-order valence-electron chi connectivity index (χ3n) is 5.19. The van der Waals surface area contributed by atoms with Crippen molar-refractivity contribution in [1.29, 1.82) is 0 Å². The highest BCUT2D eigenvalue weighted by Gasteiger charge is 2.24. The van der Waals surface area contributed by atoms with Gasteiger partial charge in [0.15, 0.2) is 6.61 Å². The maximum Gasteiger partial charge on any atom is 0.258 e. The second kappa shape index (κ2) is 9.56. The minimum Gasteiger partial charge on any atom is -0.484 e. The van der Waals surface area contributed by atoms with E-state index in [0.717, 1.165) is 24.0 Å². The van der Waals surface area contributed by atoms with Gasteiger partial charge in [0.25, 0.3) is 5.91 Å². The molecular weight excluding hydrogens is 366 g/mol. The topological polar surface area (TPSA) is 93.5 Å². The van der Waals surface area contributed by atoms with Gasteiger partial charge in [0.1, 0.15) is 5.75 Å². The van der Waals surface area contributed by atoms with E-state index in [4.69, 9.17) is 10.5 Å². The van der Waals surface area contributed by atoms with Gasteiger partial charge in [-0.1, -0.05) is 49.4 Å². The standard InChI is InChI=1S/C23H29N3O3/c1-15(22(24)18-6-4-3-5-7-18)23(28)25-16(2)17-8-12-20(13-9-17)29-14-21(27)26-19-10-11-19/h3-9,12-13,15-16,19,22H,10-11,14,24H2,1-2H3,(H,25,28)(H,26,27). The van der Waals surface area contributed by atoms with Gasteiger partial charge in [0.05, 0.1) is 12.0 Å². The van der Waals surface area contributed by atoms with Crippen LogP contribution in [-0.2, 0) is 9.59 Å². The number of hydrogen-bond acceptors (Lipinski definition) is 4. The molecule has 3 rings (SSSR count). The highest BCUT2D eigenvalue weighted by molar-refractivity contribution is 5.79. The summed E-state index contributed by atoms with van der Waals surface area (Å²) in [4.78, 5) is 24.3. The Bertz CT molecular complexity index is 819. The number of hydrogen-bond donors (Lipinski definition) is 3. The Labute approximate surface area is 171 Å². The molecular formula is C23H29N3O3. The molecule has 29 heavy (non-hydrogen) atoms. The molecule has 6 heteroatoms. The summed E-state index contributed by atoms with van der Waals surface area (Å²) in [6.45, 7) is 3.78. The third kappa shape index (κ3) is 6.06. The summed E-state index contributed by atoms with van der Waals surface area (Å²) in [6, 6.07) is 16.8. The summed E-state index contributed by atoms with van der Waals surface area (Å²) in [5.41, 5.74) is 8.15. The monoisotopic (exact) mass is 395 g/mol. The fourth-order valence-electron chi connectivity index (χ4n) is 3.05. The van der Waals surface area contributed by atoms with Crippen molar-refractivity contribution in [2.24, 2.45) is 11.7 Å². The van der Waals surface area contributed by atoms with Crippen molar-refractivity contribution in [2.75, 3.05) is 6.61 Å². The zero-order valence-electron chi connectivity index (χ0n) is 16.9. The maximum atomic E-state index is 12.6. The molecule has 3 atom stereocenters. The Morgan fingerprint density at radius 2 is 1.69 bits per heavy atom. The summed E-state index contributed by atoms with van der Waals surface area (Å²) in [5.74, 6) is 0.0806. The molecule has 2 amide bonds. The third-order valence-corrected chi connectivity index (χ3v) is 5.19. The Morgan fingerprint density at radius 1 is 1.03 bits per heavy atom. The molecule has 4 N–H and O–H groups in total. The van der Waals surface area contributed by atoms with Crippen LogP contribution in [0, 0.1) is 5.92 Å². The van der Waals surface area contributed by atoms with Crippen LogP contribution in [0.3, 0.4) is 0 Å². The largest absolute Gasteiger partial charge is 0.484 e. The summed E-state index contributed by atoms with van der Waals surface area (Å²) < 4.78 is 5.52. The van der Waals surface area contributed by atoms with Crippen LogP contribution < -0.4 is 21.1 Å². The molecule has 1 aliphatic rings. The normalized spacial score (nSPS) is 16.4. The van der Waals surface area contributed by atoms with Crippen molar-refractivity contribution >= 4 is 11.8 Å². The van der Waals surface area contributed by atoms with Gasteiger partial charge >= 0.3 is 0 Å². The first-order valence-electron chi connectivity index (χ1n) is 10.1. The molecule has 1 fully saturated rings. The van der Waals surface area contributed by atoms with Crippen molar-refractivity contribution < 1.29 is 14.3 Å². The van der Waals surface area contributed by atoms with E-state index in [1.54, 1.807) is 0 Å². The van der Waals surface area contributed by atoms with Crippen LogP contribution in [0.1, 0.15) is 49.9 Å². The molecule has 1 saturated carbocycles. The van der Waals surface area contributed by atoms with E-state index in [9.17, 15) is 9.59 Å². The molecule has 0 aromatic heterocycles. The number of amides is 2. The Kier molecular flexibility index (Phi) is 6.88. The first kappa shape index (κ1) is 20.9. The van der Waals surface area contributed by atoms with Crippen LogP contribution in [0.2, 0.25) is 0 Å². The Morgan fingerprint density at radius 3 is 2.31 bits per heavy atom. The average molecular weight is 396 g/mol. The SMILES string of the molecule is CC(NC(=O)C(C)C(N)c1ccccc1)c1ccc(OCC(=O)NC2CC2)cc1. The Hall–Kier alpha value is -2.86. The van der Waals surface area contributed by atoms with E-state index in [2.05, 4.69) is 10.6 Å². The zero-order chi connectivity index (χ0) is 20.8. The van der Waals surface area contributed by atoms with Gasteiger partial charge in [0.2, 0.25) is 5.91 Å². The van der Waals surface area contributed by atoms with Crippen LogP contribution in [0.15, 0.2) is 54.6 Å². The quantitative estimate of drug-likeness (QED) is 0.609. The number of nitrogens with one attached hydrogen (secondary N) is 2. The fourth-order valence-corrected chi connectivity index (χ4v) is 3.05. The van der Waals surface area contributed by atoms with E-state index in [0.29, 0.717) is 11.8 Å². The van der Waals surface area contributed by atoms with Crippen molar-refractivity contribution in [3.63, 3.8) is 0 Å². The number of carbonyl (C=O) groups excluding carboxylic acids is 2.